The molecule has 0 unspecified atom stereocenters. The molecule has 12 heteroatoms. The van der Waals surface area contributed by atoms with E-state index in [1.54, 1.807) is 0 Å². The van der Waals surface area contributed by atoms with Crippen LogP contribution in [-0.4, -0.2) is 124 Å². The van der Waals surface area contributed by atoms with Gasteiger partial charge in [-0.15, -0.1) is 0 Å². The number of hydrogen-bond donors (Lipinski definition) is 6. The van der Waals surface area contributed by atoms with Gasteiger partial charge in [-0.1, -0.05) is 0 Å². The molecule has 0 amide bonds. The van der Waals surface area contributed by atoms with Crippen LogP contribution in [0.2, 0.25) is 0 Å². The van der Waals surface area contributed by atoms with Crippen LogP contribution in [0.5, 0.6) is 0 Å². The molecule has 0 aromatic carbocycles. The Morgan fingerprint density at radius 2 is 1.00 bits per heavy atom. The van der Waals surface area contributed by atoms with Crippen LogP contribution in [0.4, 0.5) is 0 Å². The Morgan fingerprint density at radius 1 is 0.833 bits per heavy atom. The van der Waals surface area contributed by atoms with E-state index in [-0.39, 0.29) is 37.7 Å². The van der Waals surface area contributed by atoms with Gasteiger partial charge < -0.3 is 39.7 Å². The summed E-state index contributed by atoms with van der Waals surface area (Å²) in [5.41, 5.74) is 0. The van der Waals surface area contributed by atoms with Gasteiger partial charge in [-0.05, 0) is 0 Å². The minimum atomic E-state index is -5.17. The molecule has 10 nitrogen and oxygen atoms in total. The molecule has 18 heavy (non-hydrogen) atoms. The molecule has 0 radical (unpaired) electrons. The number of hydrogen-bond acceptors (Lipinski definition) is 10. The summed E-state index contributed by atoms with van der Waals surface area (Å²) in [5, 5.41) is 52.2. The zero-order valence-corrected chi connectivity index (χ0v) is 12.2. The van der Waals surface area contributed by atoms with Crippen molar-refractivity contribution < 1.29 is 48.2 Å². The van der Waals surface area contributed by atoms with Crippen molar-refractivity contribution in [2.45, 2.75) is 24.4 Å². The second-order valence-electron chi connectivity index (χ2n) is 2.89. The van der Waals surface area contributed by atoms with Crippen LogP contribution in [0.15, 0.2) is 0 Å². The predicted molar refractivity (Wildman–Crippen MR) is 54.4 cm³/mol. The summed E-state index contributed by atoms with van der Waals surface area (Å²) >= 11 is 0. The van der Waals surface area contributed by atoms with Crippen LogP contribution in [0.1, 0.15) is 0 Å². The summed E-state index contributed by atoms with van der Waals surface area (Å²) in [7, 11) is -5.17. The van der Waals surface area contributed by atoms with Crippen LogP contribution >= 0.6 is 0 Å². The first-order valence-electron chi connectivity index (χ1n) is 4.15. The predicted octanol–water partition coefficient (Wildman–Crippen LogP) is -5.30. The number of aliphatic hydroxyl groups is 6. The molecule has 0 rings (SSSR count). The summed E-state index contributed by atoms with van der Waals surface area (Å²) in [6.07, 6.45) is -6.39. The minimum Gasteiger partial charge on any atom is -0.759 e. The second kappa shape index (κ2) is 11.7. The summed E-state index contributed by atoms with van der Waals surface area (Å²) in [5.74, 6) is 0. The zero-order chi connectivity index (χ0) is 14.2. The van der Waals surface area contributed by atoms with Crippen LogP contribution in [0, 0.1) is 0 Å². The standard InChI is InChI=1S/C6H14O6.Ca.H2O4S/c7-1-3(9)5(11)6(12)4(10)2-8;;1-5(2,3)4/h3-12H,1-2H2;;(H2,1,2,3,4)/q;+2;/p-2/t3-,4-,5-,6-;;/m1../s1. The summed E-state index contributed by atoms with van der Waals surface area (Å²) < 4.78 is 34.1. The third-order valence-electron chi connectivity index (χ3n) is 1.51. The monoisotopic (exact) mass is 318 g/mol. The molecule has 4 atom stereocenters. The van der Waals surface area contributed by atoms with Gasteiger partial charge in [0, 0.05) is 10.4 Å². The van der Waals surface area contributed by atoms with E-state index >= 15 is 0 Å². The van der Waals surface area contributed by atoms with Gasteiger partial charge in [0.25, 0.3) is 0 Å². The Hall–Kier alpha value is 0.890. The number of rotatable bonds is 5. The van der Waals surface area contributed by atoms with E-state index < -0.39 is 48.0 Å². The fourth-order valence-corrected chi connectivity index (χ4v) is 0.671. The Balaban J connectivity index is -0.000000321. The van der Waals surface area contributed by atoms with E-state index in [0.29, 0.717) is 0 Å². The Morgan fingerprint density at radius 3 is 1.11 bits per heavy atom. The Kier molecular flexibility index (Phi) is 15.6. The van der Waals surface area contributed by atoms with Crippen LogP contribution < -0.4 is 0 Å². The summed E-state index contributed by atoms with van der Waals surface area (Å²) in [4.78, 5) is 0. The molecule has 0 bridgehead atoms. The van der Waals surface area contributed by atoms with Crippen LogP contribution in [0.25, 0.3) is 0 Å². The van der Waals surface area contributed by atoms with E-state index in [1.807, 2.05) is 0 Å². The fraction of sp³-hybridized carbons (Fsp3) is 1.00. The molecule has 0 aromatic heterocycles. The third-order valence-corrected chi connectivity index (χ3v) is 1.51. The minimum absolute atomic E-state index is 0. The van der Waals surface area contributed by atoms with Crippen molar-refractivity contribution in [2.24, 2.45) is 0 Å². The van der Waals surface area contributed by atoms with Crippen LogP contribution in [0.3, 0.4) is 0 Å². The molecule has 106 valence electrons. The summed E-state index contributed by atoms with van der Waals surface area (Å²) in [6.45, 7) is -1.45. The topological polar surface area (TPSA) is 202 Å². The molecule has 0 fully saturated rings. The van der Waals surface area contributed by atoms with E-state index in [4.69, 9.17) is 48.2 Å². The molecule has 0 heterocycles. The van der Waals surface area contributed by atoms with Gasteiger partial charge in [0.2, 0.25) is 0 Å². The molecule has 6 N–H and O–H groups in total. The molecule has 0 saturated carbocycles. The maximum Gasteiger partial charge on any atom is 2.00 e. The van der Waals surface area contributed by atoms with Crippen molar-refractivity contribution >= 4 is 48.1 Å². The van der Waals surface area contributed by atoms with E-state index in [2.05, 4.69) is 0 Å². The Labute approximate surface area is 133 Å². The van der Waals surface area contributed by atoms with E-state index in [9.17, 15) is 0 Å². The van der Waals surface area contributed by atoms with Crippen molar-refractivity contribution in [1.82, 2.24) is 0 Å². The first-order valence-corrected chi connectivity index (χ1v) is 5.48. The smallest absolute Gasteiger partial charge is 0.759 e. The molecular weight excluding hydrogens is 304 g/mol. The number of aliphatic hydroxyl groups excluding tert-OH is 6. The van der Waals surface area contributed by atoms with Gasteiger partial charge in [-0.3, -0.25) is 8.42 Å². The first kappa shape index (κ1) is 23.9. The van der Waals surface area contributed by atoms with Crippen molar-refractivity contribution in [3.63, 3.8) is 0 Å². The first-order chi connectivity index (χ1) is 7.54. The van der Waals surface area contributed by atoms with Gasteiger partial charge in [0.1, 0.15) is 24.4 Å². The van der Waals surface area contributed by atoms with Gasteiger partial charge in [0.15, 0.2) is 0 Å². The quantitative estimate of drug-likeness (QED) is 0.161. The van der Waals surface area contributed by atoms with E-state index in [0.717, 1.165) is 0 Å². The average molecular weight is 318 g/mol. The molecule has 0 aliphatic heterocycles. The van der Waals surface area contributed by atoms with Gasteiger partial charge in [-0.25, -0.2) is 0 Å². The molecule has 0 aromatic rings. The van der Waals surface area contributed by atoms with Crippen molar-refractivity contribution in [2.75, 3.05) is 13.2 Å². The van der Waals surface area contributed by atoms with Crippen molar-refractivity contribution in [1.29, 1.82) is 0 Å². The van der Waals surface area contributed by atoms with Gasteiger partial charge in [-0.2, -0.15) is 0 Å². The molecule has 0 spiro atoms. The second-order valence-corrected chi connectivity index (χ2v) is 3.71. The largest absolute Gasteiger partial charge is 2.00 e. The van der Waals surface area contributed by atoms with Crippen LogP contribution in [-0.2, 0) is 10.4 Å². The normalized spacial score (nSPS) is 17.6. The SMILES string of the molecule is O=S(=O)([O-])[O-].OC[C@@H](O)[C@@H](O)[C@H](O)[C@H](O)CO.[Ca+2]. The van der Waals surface area contributed by atoms with Gasteiger partial charge >= 0.3 is 37.7 Å². The van der Waals surface area contributed by atoms with Gasteiger partial charge in [0.05, 0.1) is 13.2 Å². The maximum atomic E-state index is 8.96. The van der Waals surface area contributed by atoms with E-state index in [1.165, 1.54) is 0 Å². The molecular formula is C6H14CaO10S. The van der Waals surface area contributed by atoms with Crippen molar-refractivity contribution in [3.8, 4) is 0 Å². The van der Waals surface area contributed by atoms with Crippen molar-refractivity contribution in [3.05, 3.63) is 0 Å². The average Bonchev–Trinajstić information content (AvgIpc) is 2.22. The fourth-order valence-electron chi connectivity index (χ4n) is 0.671. The molecule has 0 aliphatic carbocycles. The molecule has 0 aliphatic rings. The molecule has 0 saturated heterocycles. The zero-order valence-electron chi connectivity index (χ0n) is 9.16. The third kappa shape index (κ3) is 14.9. The maximum absolute atomic E-state index is 8.96. The summed E-state index contributed by atoms with van der Waals surface area (Å²) in [6, 6.07) is 0. The Bertz CT molecular complexity index is 260.